The molecule has 2 rings (SSSR count). The van der Waals surface area contributed by atoms with Crippen molar-refractivity contribution >= 4 is 54.9 Å². The molecule has 2 nitrogen and oxygen atoms in total. The van der Waals surface area contributed by atoms with Gasteiger partial charge in [0.25, 0.3) is 0 Å². The molecule has 5 heteroatoms. The standard InChI is InChI=1S/C9H4BrClO2S/c10-5-3-1-2-4-6(11)8(9(12)13)14-7(4)5/h1-3H,(H,12,13). The molecule has 0 saturated heterocycles. The van der Waals surface area contributed by atoms with E-state index in [0.29, 0.717) is 5.02 Å². The maximum Gasteiger partial charge on any atom is 0.347 e. The van der Waals surface area contributed by atoms with Crippen LogP contribution < -0.4 is 0 Å². The molecule has 1 aromatic carbocycles. The van der Waals surface area contributed by atoms with Gasteiger partial charge in [-0.3, -0.25) is 0 Å². The summed E-state index contributed by atoms with van der Waals surface area (Å²) in [5.41, 5.74) is 0. The van der Waals surface area contributed by atoms with Crippen molar-refractivity contribution in [3.05, 3.63) is 32.6 Å². The van der Waals surface area contributed by atoms with Crippen LogP contribution in [-0.4, -0.2) is 11.1 Å². The quantitative estimate of drug-likeness (QED) is 0.862. The highest BCUT2D eigenvalue weighted by molar-refractivity contribution is 9.10. The van der Waals surface area contributed by atoms with Crippen molar-refractivity contribution < 1.29 is 9.90 Å². The Morgan fingerprint density at radius 1 is 1.50 bits per heavy atom. The largest absolute Gasteiger partial charge is 0.477 e. The number of carbonyl (C=O) groups is 1. The van der Waals surface area contributed by atoms with Crippen molar-refractivity contribution in [1.82, 2.24) is 0 Å². The van der Waals surface area contributed by atoms with E-state index in [1.54, 1.807) is 0 Å². The number of thiophene rings is 1. The van der Waals surface area contributed by atoms with E-state index in [0.717, 1.165) is 14.6 Å². The molecule has 1 heterocycles. The molecule has 0 atom stereocenters. The minimum absolute atomic E-state index is 0.188. The number of hydrogen-bond donors (Lipinski definition) is 1. The summed E-state index contributed by atoms with van der Waals surface area (Å²) in [6.45, 7) is 0. The number of aromatic carboxylic acids is 1. The van der Waals surface area contributed by atoms with Crippen LogP contribution in [0.15, 0.2) is 22.7 Å². The Balaban J connectivity index is 2.86. The minimum atomic E-state index is -0.983. The lowest BCUT2D eigenvalue weighted by molar-refractivity contribution is 0.0702. The molecule has 0 radical (unpaired) electrons. The summed E-state index contributed by atoms with van der Waals surface area (Å²) in [6, 6.07) is 5.50. The first kappa shape index (κ1) is 9.96. The molecule has 0 spiro atoms. The fourth-order valence-electron chi connectivity index (χ4n) is 1.19. The Labute approximate surface area is 97.2 Å². The summed E-state index contributed by atoms with van der Waals surface area (Å²) >= 11 is 10.5. The van der Waals surface area contributed by atoms with Crippen LogP contribution in [-0.2, 0) is 0 Å². The molecule has 2 aromatic rings. The van der Waals surface area contributed by atoms with Gasteiger partial charge in [-0.05, 0) is 22.0 Å². The van der Waals surface area contributed by atoms with Gasteiger partial charge in [0.2, 0.25) is 0 Å². The first-order valence-electron chi connectivity index (χ1n) is 3.71. The van der Waals surface area contributed by atoms with Crippen LogP contribution in [0.2, 0.25) is 5.02 Å². The molecule has 0 fully saturated rings. The van der Waals surface area contributed by atoms with Gasteiger partial charge < -0.3 is 5.11 Å². The van der Waals surface area contributed by atoms with Crippen LogP contribution >= 0.6 is 38.9 Å². The van der Waals surface area contributed by atoms with Crippen LogP contribution in [0, 0.1) is 0 Å². The van der Waals surface area contributed by atoms with Gasteiger partial charge in [0.1, 0.15) is 4.88 Å². The Bertz CT molecular complexity index is 521. The number of rotatable bonds is 1. The van der Waals surface area contributed by atoms with Crippen LogP contribution in [0.1, 0.15) is 9.67 Å². The number of carboxylic acid groups (broad SMARTS) is 1. The fourth-order valence-corrected chi connectivity index (χ4v) is 3.15. The van der Waals surface area contributed by atoms with Gasteiger partial charge in [-0.1, -0.05) is 23.7 Å². The second-order valence-electron chi connectivity index (χ2n) is 2.67. The molecule has 0 bridgehead atoms. The Kier molecular flexibility index (Phi) is 2.51. The van der Waals surface area contributed by atoms with E-state index in [-0.39, 0.29) is 4.88 Å². The van der Waals surface area contributed by atoms with Gasteiger partial charge in [0.15, 0.2) is 0 Å². The predicted molar refractivity (Wildman–Crippen MR) is 61.5 cm³/mol. The molecule has 0 aliphatic heterocycles. The molecule has 1 aromatic heterocycles. The zero-order valence-electron chi connectivity index (χ0n) is 6.75. The number of fused-ring (bicyclic) bond motifs is 1. The summed E-state index contributed by atoms with van der Waals surface area (Å²) in [5, 5.41) is 9.97. The lowest BCUT2D eigenvalue weighted by atomic mass is 10.2. The van der Waals surface area contributed by atoms with Crippen molar-refractivity contribution in [2.45, 2.75) is 0 Å². The molecular weight excluding hydrogens is 288 g/mol. The number of benzene rings is 1. The van der Waals surface area contributed by atoms with Gasteiger partial charge in [0, 0.05) is 9.86 Å². The van der Waals surface area contributed by atoms with E-state index in [4.69, 9.17) is 16.7 Å². The number of halogens is 2. The molecule has 0 unspecified atom stereocenters. The first-order chi connectivity index (χ1) is 6.61. The highest BCUT2D eigenvalue weighted by Gasteiger charge is 2.16. The van der Waals surface area contributed by atoms with Crippen LogP contribution in [0.3, 0.4) is 0 Å². The zero-order chi connectivity index (χ0) is 10.3. The smallest absolute Gasteiger partial charge is 0.347 e. The average Bonchev–Trinajstić information content (AvgIpc) is 2.46. The van der Waals surface area contributed by atoms with E-state index in [9.17, 15) is 4.79 Å². The summed E-state index contributed by atoms with van der Waals surface area (Å²) < 4.78 is 1.74. The van der Waals surface area contributed by atoms with Crippen molar-refractivity contribution in [3.8, 4) is 0 Å². The van der Waals surface area contributed by atoms with E-state index < -0.39 is 5.97 Å². The second-order valence-corrected chi connectivity index (χ2v) is 4.92. The van der Waals surface area contributed by atoms with E-state index in [1.807, 2.05) is 18.2 Å². The van der Waals surface area contributed by atoms with Gasteiger partial charge in [0.05, 0.1) is 9.72 Å². The van der Waals surface area contributed by atoms with Gasteiger partial charge in [-0.25, -0.2) is 4.79 Å². The molecule has 14 heavy (non-hydrogen) atoms. The summed E-state index contributed by atoms with van der Waals surface area (Å²) in [6.07, 6.45) is 0. The summed E-state index contributed by atoms with van der Waals surface area (Å²) in [5.74, 6) is -0.983. The topological polar surface area (TPSA) is 37.3 Å². The maximum atomic E-state index is 10.8. The monoisotopic (exact) mass is 290 g/mol. The SMILES string of the molecule is O=C(O)c1sc2c(Br)cccc2c1Cl. The predicted octanol–water partition coefficient (Wildman–Crippen LogP) is 4.02. The fraction of sp³-hybridized carbons (Fsp3) is 0. The second kappa shape index (κ2) is 3.53. The van der Waals surface area contributed by atoms with Crippen LogP contribution in [0.5, 0.6) is 0 Å². The Morgan fingerprint density at radius 3 is 2.79 bits per heavy atom. The maximum absolute atomic E-state index is 10.8. The lowest BCUT2D eigenvalue weighted by Gasteiger charge is -1.91. The highest BCUT2D eigenvalue weighted by atomic mass is 79.9. The molecule has 0 amide bonds. The highest BCUT2D eigenvalue weighted by Crippen LogP contribution is 2.38. The van der Waals surface area contributed by atoms with Crippen LogP contribution in [0.25, 0.3) is 10.1 Å². The van der Waals surface area contributed by atoms with E-state index in [1.165, 1.54) is 11.3 Å². The van der Waals surface area contributed by atoms with Crippen LogP contribution in [0.4, 0.5) is 0 Å². The lowest BCUT2D eigenvalue weighted by Crippen LogP contribution is -1.91. The van der Waals surface area contributed by atoms with Crippen molar-refractivity contribution in [2.24, 2.45) is 0 Å². The minimum Gasteiger partial charge on any atom is -0.477 e. The van der Waals surface area contributed by atoms with E-state index in [2.05, 4.69) is 15.9 Å². The van der Waals surface area contributed by atoms with Crippen molar-refractivity contribution in [1.29, 1.82) is 0 Å². The third kappa shape index (κ3) is 1.43. The number of hydrogen-bond acceptors (Lipinski definition) is 2. The number of carboxylic acids is 1. The third-order valence-corrected chi connectivity index (χ3v) is 4.46. The van der Waals surface area contributed by atoms with Gasteiger partial charge in [-0.15, -0.1) is 11.3 Å². The van der Waals surface area contributed by atoms with Gasteiger partial charge >= 0.3 is 5.97 Å². The molecule has 72 valence electrons. The Morgan fingerprint density at radius 2 is 2.21 bits per heavy atom. The first-order valence-corrected chi connectivity index (χ1v) is 5.70. The zero-order valence-corrected chi connectivity index (χ0v) is 9.91. The summed E-state index contributed by atoms with van der Waals surface area (Å²) in [4.78, 5) is 11.0. The molecule has 0 aliphatic carbocycles. The Hall–Kier alpha value is -0.580. The molecule has 0 aliphatic rings. The molecule has 1 N–H and O–H groups in total. The van der Waals surface area contributed by atoms with Crippen molar-refractivity contribution in [3.63, 3.8) is 0 Å². The molecule has 0 saturated carbocycles. The van der Waals surface area contributed by atoms with E-state index >= 15 is 0 Å². The normalized spacial score (nSPS) is 10.7. The summed E-state index contributed by atoms with van der Waals surface area (Å²) in [7, 11) is 0. The van der Waals surface area contributed by atoms with Crippen molar-refractivity contribution in [2.75, 3.05) is 0 Å². The third-order valence-electron chi connectivity index (χ3n) is 1.80. The average molecular weight is 292 g/mol. The van der Waals surface area contributed by atoms with Gasteiger partial charge in [-0.2, -0.15) is 0 Å². The molecular formula is C9H4BrClO2S.